The second kappa shape index (κ2) is 6.78. The van der Waals surface area contributed by atoms with Gasteiger partial charge in [-0.2, -0.15) is 0 Å². The lowest BCUT2D eigenvalue weighted by Gasteiger charge is -2.12. The molecular weight excluding hydrogens is 259 g/mol. The maximum Gasteiger partial charge on any atom is 0.123 e. The van der Waals surface area contributed by atoms with Crippen molar-refractivity contribution in [2.24, 2.45) is 0 Å². The third-order valence-corrected chi connectivity index (χ3v) is 4.15. The van der Waals surface area contributed by atoms with Gasteiger partial charge in [-0.3, -0.25) is 0 Å². The fraction of sp³-hybridized carbons (Fsp3) is 0.400. The molecule has 0 aliphatic heterocycles. The van der Waals surface area contributed by atoms with E-state index in [1.165, 1.54) is 17.0 Å². The third-order valence-electron chi connectivity index (χ3n) is 3.01. The first-order valence-corrected chi connectivity index (χ1v) is 7.40. The van der Waals surface area contributed by atoms with E-state index >= 15 is 0 Å². The van der Waals surface area contributed by atoms with Crippen LogP contribution in [0.3, 0.4) is 0 Å². The summed E-state index contributed by atoms with van der Waals surface area (Å²) in [6.45, 7) is 5.08. The Morgan fingerprint density at radius 3 is 2.68 bits per heavy atom. The molecule has 19 heavy (non-hydrogen) atoms. The summed E-state index contributed by atoms with van der Waals surface area (Å²) in [5, 5.41) is 4.58. The van der Waals surface area contributed by atoms with Crippen molar-refractivity contribution in [3.63, 3.8) is 0 Å². The number of nitrogens with zero attached hydrogens (tertiary/aromatic N) is 1. The van der Waals surface area contributed by atoms with Crippen LogP contribution in [0.2, 0.25) is 0 Å². The van der Waals surface area contributed by atoms with Crippen molar-refractivity contribution in [2.45, 2.75) is 39.3 Å². The molecule has 1 aromatic carbocycles. The molecule has 0 amide bonds. The van der Waals surface area contributed by atoms with Gasteiger partial charge in [-0.25, -0.2) is 9.37 Å². The second-order valence-electron chi connectivity index (χ2n) is 4.69. The first-order valence-electron chi connectivity index (χ1n) is 6.58. The number of halogens is 1. The molecule has 0 aliphatic rings. The van der Waals surface area contributed by atoms with Crippen LogP contribution in [-0.2, 0) is 19.4 Å². The van der Waals surface area contributed by atoms with Crippen LogP contribution in [0.15, 0.2) is 30.5 Å². The van der Waals surface area contributed by atoms with Crippen LogP contribution < -0.4 is 5.32 Å². The Bertz CT molecular complexity index is 507. The van der Waals surface area contributed by atoms with Gasteiger partial charge >= 0.3 is 0 Å². The van der Waals surface area contributed by atoms with Gasteiger partial charge in [0, 0.05) is 23.7 Å². The van der Waals surface area contributed by atoms with Crippen LogP contribution in [0, 0.1) is 5.82 Å². The van der Waals surface area contributed by atoms with Gasteiger partial charge in [0.05, 0.1) is 0 Å². The van der Waals surface area contributed by atoms with E-state index in [0.29, 0.717) is 6.04 Å². The molecule has 0 aliphatic carbocycles. The summed E-state index contributed by atoms with van der Waals surface area (Å²) >= 11 is 1.76. The van der Waals surface area contributed by atoms with Gasteiger partial charge in [0.25, 0.3) is 0 Å². The number of benzene rings is 1. The van der Waals surface area contributed by atoms with E-state index in [9.17, 15) is 4.39 Å². The highest BCUT2D eigenvalue weighted by atomic mass is 32.1. The zero-order valence-electron chi connectivity index (χ0n) is 11.3. The van der Waals surface area contributed by atoms with Crippen LogP contribution in [0.4, 0.5) is 4.39 Å². The van der Waals surface area contributed by atoms with Gasteiger partial charge in [-0.15, -0.1) is 11.3 Å². The molecule has 1 atom stereocenters. The minimum Gasteiger partial charge on any atom is -0.308 e. The average molecular weight is 278 g/mol. The lowest BCUT2D eigenvalue weighted by molar-refractivity contribution is 0.543. The van der Waals surface area contributed by atoms with Gasteiger partial charge < -0.3 is 5.32 Å². The van der Waals surface area contributed by atoms with Crippen molar-refractivity contribution >= 4 is 11.3 Å². The Morgan fingerprint density at radius 1 is 1.32 bits per heavy atom. The predicted molar refractivity (Wildman–Crippen MR) is 77.9 cm³/mol. The fourth-order valence-electron chi connectivity index (χ4n) is 1.90. The van der Waals surface area contributed by atoms with Gasteiger partial charge in [-0.05, 0) is 37.5 Å². The first-order chi connectivity index (χ1) is 9.17. The SMILES string of the molecule is CCc1cnc(CNC(C)Cc2ccc(F)cc2)s1. The van der Waals surface area contributed by atoms with Crippen LogP contribution in [-0.4, -0.2) is 11.0 Å². The number of aromatic nitrogens is 1. The van der Waals surface area contributed by atoms with Crippen LogP contribution >= 0.6 is 11.3 Å². The molecule has 4 heteroatoms. The smallest absolute Gasteiger partial charge is 0.123 e. The van der Waals surface area contributed by atoms with Crippen molar-refractivity contribution in [3.8, 4) is 0 Å². The molecule has 1 N–H and O–H groups in total. The molecule has 2 rings (SSSR count). The van der Waals surface area contributed by atoms with Crippen LogP contribution in [0.5, 0.6) is 0 Å². The van der Waals surface area contributed by atoms with Crippen LogP contribution in [0.25, 0.3) is 0 Å². The lowest BCUT2D eigenvalue weighted by Crippen LogP contribution is -2.27. The quantitative estimate of drug-likeness (QED) is 0.874. The average Bonchev–Trinajstić information content (AvgIpc) is 2.87. The standard InChI is InChI=1S/C15H19FN2S/c1-3-14-9-18-15(19-14)10-17-11(2)8-12-4-6-13(16)7-5-12/h4-7,9,11,17H,3,8,10H2,1-2H3. The van der Waals surface area contributed by atoms with E-state index in [1.54, 1.807) is 11.3 Å². The lowest BCUT2D eigenvalue weighted by atomic mass is 10.1. The Hall–Kier alpha value is -1.26. The summed E-state index contributed by atoms with van der Waals surface area (Å²) in [6, 6.07) is 7.05. The van der Waals surface area contributed by atoms with Gasteiger partial charge in [0.15, 0.2) is 0 Å². The number of rotatable bonds is 6. The number of hydrogen-bond donors (Lipinski definition) is 1. The zero-order valence-corrected chi connectivity index (χ0v) is 12.1. The summed E-state index contributed by atoms with van der Waals surface area (Å²) in [7, 11) is 0. The third kappa shape index (κ3) is 4.40. The molecule has 0 spiro atoms. The van der Waals surface area contributed by atoms with Crippen molar-refractivity contribution in [1.82, 2.24) is 10.3 Å². The zero-order chi connectivity index (χ0) is 13.7. The van der Waals surface area contributed by atoms with E-state index in [1.807, 2.05) is 18.3 Å². The molecular formula is C15H19FN2S. The monoisotopic (exact) mass is 278 g/mol. The van der Waals surface area contributed by atoms with Crippen LogP contribution in [0.1, 0.15) is 29.3 Å². The topological polar surface area (TPSA) is 24.9 Å². The molecule has 1 unspecified atom stereocenters. The van der Waals surface area contributed by atoms with Crippen molar-refractivity contribution in [1.29, 1.82) is 0 Å². The maximum absolute atomic E-state index is 12.8. The van der Waals surface area contributed by atoms with Crippen molar-refractivity contribution < 1.29 is 4.39 Å². The first kappa shape index (κ1) is 14.2. The Labute approximate surface area is 117 Å². The molecule has 2 nitrogen and oxygen atoms in total. The fourth-order valence-corrected chi connectivity index (χ4v) is 2.71. The summed E-state index contributed by atoms with van der Waals surface area (Å²) in [5.41, 5.74) is 1.15. The normalized spacial score (nSPS) is 12.6. The number of aryl methyl sites for hydroxylation is 1. The number of thiazole rings is 1. The van der Waals surface area contributed by atoms with Gasteiger partial charge in [0.1, 0.15) is 10.8 Å². The highest BCUT2D eigenvalue weighted by Crippen LogP contribution is 2.13. The molecule has 102 valence electrons. The Balaban J connectivity index is 1.81. The van der Waals surface area contributed by atoms with Gasteiger partial charge in [-0.1, -0.05) is 19.1 Å². The van der Waals surface area contributed by atoms with E-state index in [4.69, 9.17) is 0 Å². The predicted octanol–water partition coefficient (Wildman–Crippen LogP) is 3.57. The Morgan fingerprint density at radius 2 is 2.05 bits per heavy atom. The molecule has 1 aromatic heterocycles. The molecule has 2 aromatic rings. The van der Waals surface area contributed by atoms with E-state index in [2.05, 4.69) is 24.1 Å². The molecule has 0 saturated heterocycles. The van der Waals surface area contributed by atoms with E-state index in [-0.39, 0.29) is 5.82 Å². The highest BCUT2D eigenvalue weighted by molar-refractivity contribution is 7.11. The largest absolute Gasteiger partial charge is 0.308 e. The van der Waals surface area contributed by atoms with E-state index in [0.717, 1.165) is 30.0 Å². The van der Waals surface area contributed by atoms with Crippen molar-refractivity contribution in [2.75, 3.05) is 0 Å². The Kier molecular flexibility index (Phi) is 5.05. The summed E-state index contributed by atoms with van der Waals surface area (Å²) < 4.78 is 12.8. The summed E-state index contributed by atoms with van der Waals surface area (Å²) in [4.78, 5) is 5.71. The second-order valence-corrected chi connectivity index (χ2v) is 5.89. The summed E-state index contributed by atoms with van der Waals surface area (Å²) in [6.07, 6.45) is 3.89. The number of hydrogen-bond acceptors (Lipinski definition) is 3. The van der Waals surface area contributed by atoms with Crippen molar-refractivity contribution in [3.05, 3.63) is 51.7 Å². The minimum atomic E-state index is -0.181. The molecule has 0 fully saturated rings. The molecule has 0 saturated carbocycles. The van der Waals surface area contributed by atoms with E-state index < -0.39 is 0 Å². The highest BCUT2D eigenvalue weighted by Gasteiger charge is 2.05. The summed E-state index contributed by atoms with van der Waals surface area (Å²) in [5.74, 6) is -0.181. The molecule has 0 radical (unpaired) electrons. The van der Waals surface area contributed by atoms with Gasteiger partial charge in [0.2, 0.25) is 0 Å². The molecule has 1 heterocycles. The minimum absolute atomic E-state index is 0.181. The molecule has 0 bridgehead atoms. The number of nitrogens with one attached hydrogen (secondary N) is 1. The maximum atomic E-state index is 12.8.